The van der Waals surface area contributed by atoms with Gasteiger partial charge in [-0.05, 0) is 55.3 Å². The molecule has 0 spiro atoms. The third-order valence-electron chi connectivity index (χ3n) is 6.42. The van der Waals surface area contributed by atoms with Crippen LogP contribution < -0.4 is 9.64 Å². The molecule has 0 N–H and O–H groups in total. The second-order valence-corrected chi connectivity index (χ2v) is 8.91. The number of carbonyl (C=O) groups excluding carboxylic acids is 3. The molecule has 2 aliphatic rings. The van der Waals surface area contributed by atoms with Crippen molar-refractivity contribution in [2.45, 2.75) is 25.9 Å². The van der Waals surface area contributed by atoms with E-state index in [1.54, 1.807) is 42.5 Å². The highest BCUT2D eigenvalue weighted by molar-refractivity contribution is 6.32. The Balaban J connectivity index is 1.57. The van der Waals surface area contributed by atoms with Crippen LogP contribution in [0.1, 0.15) is 44.8 Å². The third-order valence-corrected chi connectivity index (χ3v) is 6.83. The maximum atomic E-state index is 13.5. The number of halogens is 1. The van der Waals surface area contributed by atoms with E-state index < -0.39 is 34.7 Å². The average molecular weight is 506 g/mol. The molecule has 2 atom stereocenters. The summed E-state index contributed by atoms with van der Waals surface area (Å²) < 4.78 is 5.52. The fourth-order valence-electron chi connectivity index (χ4n) is 4.62. The van der Waals surface area contributed by atoms with Crippen LogP contribution in [0.25, 0.3) is 0 Å². The minimum atomic E-state index is -1.13. The van der Waals surface area contributed by atoms with Crippen molar-refractivity contribution in [1.29, 1.82) is 0 Å². The molecule has 0 aliphatic carbocycles. The van der Waals surface area contributed by atoms with Crippen LogP contribution in [0.5, 0.6) is 5.75 Å². The number of anilines is 1. The van der Waals surface area contributed by atoms with Gasteiger partial charge < -0.3 is 9.64 Å². The van der Waals surface area contributed by atoms with E-state index in [2.05, 4.69) is 0 Å². The Labute approximate surface area is 211 Å². The van der Waals surface area contributed by atoms with Crippen LogP contribution >= 0.6 is 11.6 Å². The second kappa shape index (κ2) is 8.76. The smallest absolute Gasteiger partial charge is 0.270 e. The summed E-state index contributed by atoms with van der Waals surface area (Å²) in [7, 11) is 0. The molecule has 1 fully saturated rings. The van der Waals surface area contributed by atoms with Gasteiger partial charge in [-0.15, -0.1) is 0 Å². The Morgan fingerprint density at radius 3 is 2.25 bits per heavy atom. The van der Waals surface area contributed by atoms with E-state index in [1.807, 2.05) is 13.8 Å². The lowest BCUT2D eigenvalue weighted by atomic mass is 9.86. The van der Waals surface area contributed by atoms with Gasteiger partial charge in [0.15, 0.2) is 0 Å². The summed E-state index contributed by atoms with van der Waals surface area (Å²) in [5.41, 5.74) is 1.67. The van der Waals surface area contributed by atoms with E-state index in [9.17, 15) is 24.5 Å². The number of β-lactam (4-membered cyclic amide) rings is 1. The molecule has 3 amide bonds. The van der Waals surface area contributed by atoms with Crippen LogP contribution in [0.3, 0.4) is 0 Å². The lowest BCUT2D eigenvalue weighted by Gasteiger charge is -2.49. The van der Waals surface area contributed by atoms with Gasteiger partial charge >= 0.3 is 0 Å². The second-order valence-electron chi connectivity index (χ2n) is 8.50. The lowest BCUT2D eigenvalue weighted by molar-refractivity contribution is -0.384. The number of hydrogen-bond donors (Lipinski definition) is 0. The molecule has 3 aromatic rings. The van der Waals surface area contributed by atoms with Crippen LogP contribution in [0.15, 0.2) is 60.7 Å². The van der Waals surface area contributed by atoms with Crippen molar-refractivity contribution in [3.05, 3.63) is 98.1 Å². The minimum absolute atomic E-state index is 0.0284. The molecular formula is C26H20ClN3O6. The fourth-order valence-corrected chi connectivity index (χ4v) is 4.79. The Bertz CT molecular complexity index is 1440. The summed E-state index contributed by atoms with van der Waals surface area (Å²) in [5.74, 6) is -1.23. The third kappa shape index (κ3) is 3.59. The van der Waals surface area contributed by atoms with E-state index in [4.69, 9.17) is 16.3 Å². The van der Waals surface area contributed by atoms with Crippen LogP contribution in [0, 0.1) is 17.0 Å². The molecule has 5 rings (SSSR count). The molecule has 0 unspecified atom stereocenters. The van der Waals surface area contributed by atoms with Gasteiger partial charge in [0.2, 0.25) is 0 Å². The van der Waals surface area contributed by atoms with Crippen molar-refractivity contribution in [3.63, 3.8) is 0 Å². The molecule has 1 saturated heterocycles. The van der Waals surface area contributed by atoms with Gasteiger partial charge in [0.1, 0.15) is 11.8 Å². The first-order valence-corrected chi connectivity index (χ1v) is 11.6. The molecule has 0 saturated carbocycles. The van der Waals surface area contributed by atoms with Crippen LogP contribution in [0.4, 0.5) is 11.4 Å². The van der Waals surface area contributed by atoms with Gasteiger partial charge in [-0.2, -0.15) is 0 Å². The number of nitro benzene ring substituents is 1. The van der Waals surface area contributed by atoms with Crippen molar-refractivity contribution in [1.82, 2.24) is 4.90 Å². The predicted molar refractivity (Wildman–Crippen MR) is 131 cm³/mol. The molecule has 182 valence electrons. The monoisotopic (exact) mass is 505 g/mol. The molecule has 0 radical (unpaired) electrons. The Hall–Kier alpha value is -4.24. The van der Waals surface area contributed by atoms with Crippen molar-refractivity contribution in [3.8, 4) is 5.75 Å². The topological polar surface area (TPSA) is 110 Å². The zero-order valence-electron chi connectivity index (χ0n) is 19.3. The Kier molecular flexibility index (Phi) is 5.72. The maximum Gasteiger partial charge on any atom is 0.270 e. The fraction of sp³-hybridized carbons (Fsp3) is 0.192. The van der Waals surface area contributed by atoms with Crippen molar-refractivity contribution in [2.24, 2.45) is 0 Å². The van der Waals surface area contributed by atoms with E-state index in [1.165, 1.54) is 17.0 Å². The number of benzene rings is 3. The number of rotatable bonds is 6. The van der Waals surface area contributed by atoms with Crippen LogP contribution in [-0.2, 0) is 4.79 Å². The van der Waals surface area contributed by atoms with E-state index in [0.717, 1.165) is 16.5 Å². The number of aryl methyl sites for hydroxylation is 1. The summed E-state index contributed by atoms with van der Waals surface area (Å²) >= 11 is 6.32. The van der Waals surface area contributed by atoms with Crippen molar-refractivity contribution in [2.75, 3.05) is 11.5 Å². The first-order chi connectivity index (χ1) is 17.2. The van der Waals surface area contributed by atoms with Gasteiger partial charge in [-0.25, -0.2) is 0 Å². The highest BCUT2D eigenvalue weighted by Crippen LogP contribution is 2.45. The highest BCUT2D eigenvalue weighted by Gasteiger charge is 2.57. The summed E-state index contributed by atoms with van der Waals surface area (Å²) in [6.07, 6.45) is 0. The summed E-state index contributed by atoms with van der Waals surface area (Å²) in [6.45, 7) is 4.19. The van der Waals surface area contributed by atoms with Crippen molar-refractivity contribution < 1.29 is 24.0 Å². The Morgan fingerprint density at radius 2 is 1.61 bits per heavy atom. The summed E-state index contributed by atoms with van der Waals surface area (Å²) in [4.78, 5) is 53.0. The van der Waals surface area contributed by atoms with Crippen molar-refractivity contribution >= 4 is 40.7 Å². The maximum absolute atomic E-state index is 13.5. The molecule has 0 bridgehead atoms. The predicted octanol–water partition coefficient (Wildman–Crippen LogP) is 4.71. The molecular weight excluding hydrogens is 486 g/mol. The normalized spacial score (nSPS) is 18.8. The number of nitrogens with zero attached hydrogens (tertiary/aromatic N) is 3. The molecule has 9 nitrogen and oxygen atoms in total. The number of non-ortho nitro benzene ring substituents is 1. The number of hydrogen-bond acceptors (Lipinski definition) is 6. The van der Waals surface area contributed by atoms with Gasteiger partial charge in [-0.3, -0.25) is 29.4 Å². The standard InChI is InChI=1S/C26H20ClN3O6/c1-3-36-18-9-5-15(6-10-18)22-23(26(33)28(22)16-7-4-14(2)21(27)13-16)29-24(31)19-11-8-17(30(34)35)12-20(19)25(29)32/h4-13,22-23H,3H2,1-2H3/t22-,23+/m1/s1. The van der Waals surface area contributed by atoms with Crippen LogP contribution in [-0.4, -0.2) is 40.2 Å². The summed E-state index contributed by atoms with van der Waals surface area (Å²) in [5, 5.41) is 11.7. The number of amides is 3. The number of fused-ring (bicyclic) bond motifs is 1. The molecule has 2 aliphatic heterocycles. The van der Waals surface area contributed by atoms with Gasteiger partial charge in [0.05, 0.1) is 28.7 Å². The first kappa shape index (κ1) is 23.5. The number of nitro groups is 1. The highest BCUT2D eigenvalue weighted by atomic mass is 35.5. The van der Waals surface area contributed by atoms with Gasteiger partial charge in [-0.1, -0.05) is 29.8 Å². The van der Waals surface area contributed by atoms with E-state index >= 15 is 0 Å². The Morgan fingerprint density at radius 1 is 0.917 bits per heavy atom. The number of ether oxygens (including phenoxy) is 1. The number of carbonyl (C=O) groups is 3. The lowest BCUT2D eigenvalue weighted by Crippen LogP contribution is -2.67. The largest absolute Gasteiger partial charge is 0.494 e. The molecule has 36 heavy (non-hydrogen) atoms. The molecule has 2 heterocycles. The van der Waals surface area contributed by atoms with Gasteiger partial charge in [0, 0.05) is 22.8 Å². The van der Waals surface area contributed by atoms with Crippen LogP contribution in [0.2, 0.25) is 5.02 Å². The summed E-state index contributed by atoms with van der Waals surface area (Å²) in [6, 6.07) is 13.9. The average Bonchev–Trinajstić information content (AvgIpc) is 3.10. The quantitative estimate of drug-likeness (QED) is 0.208. The zero-order valence-corrected chi connectivity index (χ0v) is 20.1. The molecule has 3 aromatic carbocycles. The SMILES string of the molecule is CCOc1ccc([C@@H]2[C@H](N3C(=O)c4ccc([N+](=O)[O-])cc4C3=O)C(=O)N2c2ccc(C)c(Cl)c2)cc1. The molecule has 10 heteroatoms. The minimum Gasteiger partial charge on any atom is -0.494 e. The first-order valence-electron chi connectivity index (χ1n) is 11.2. The van der Waals surface area contributed by atoms with Gasteiger partial charge in [0.25, 0.3) is 23.4 Å². The van der Waals surface area contributed by atoms with E-state index in [-0.39, 0.29) is 16.8 Å². The molecule has 0 aromatic heterocycles. The number of imide groups is 1. The zero-order chi connectivity index (χ0) is 25.7. The van der Waals surface area contributed by atoms with E-state index in [0.29, 0.717) is 28.6 Å².